The Labute approximate surface area is 175 Å². The number of halogens is 1. The van der Waals surface area contributed by atoms with Crippen LogP contribution in [0.1, 0.15) is 30.9 Å². The van der Waals surface area contributed by atoms with E-state index in [9.17, 15) is 9.18 Å². The van der Waals surface area contributed by atoms with E-state index in [4.69, 9.17) is 15.2 Å². The van der Waals surface area contributed by atoms with Crippen molar-refractivity contribution in [2.75, 3.05) is 20.3 Å². The van der Waals surface area contributed by atoms with Gasteiger partial charge in [-0.2, -0.15) is 0 Å². The maximum Gasteiger partial charge on any atom is 0.261 e. The number of fused-ring (bicyclic) bond motifs is 2. The van der Waals surface area contributed by atoms with E-state index in [-0.39, 0.29) is 23.8 Å². The molecule has 30 heavy (non-hydrogen) atoms. The molecule has 2 N–H and O–H groups in total. The van der Waals surface area contributed by atoms with E-state index >= 15 is 0 Å². The third-order valence-electron chi connectivity index (χ3n) is 5.71. The Morgan fingerprint density at radius 2 is 2.13 bits per heavy atom. The van der Waals surface area contributed by atoms with Crippen molar-refractivity contribution in [2.45, 2.75) is 38.3 Å². The molecule has 0 saturated carbocycles. The molecule has 0 fully saturated rings. The number of carbonyl (C=O) groups excluding carboxylic acids is 1. The van der Waals surface area contributed by atoms with Crippen molar-refractivity contribution in [3.8, 4) is 16.9 Å². The monoisotopic (exact) mass is 411 g/mol. The highest BCUT2D eigenvalue weighted by molar-refractivity contribution is 6.07. The molecule has 0 saturated heterocycles. The first-order chi connectivity index (χ1) is 14.4. The SMILES string of the molecule is CCCOC[C@@H]1C[C@]2(N=C(N)N(C)C2=O)c2cc(-c3cc(F)ccc3C)ccc2O1. The second-order valence-electron chi connectivity index (χ2n) is 7.88. The van der Waals surface area contributed by atoms with Crippen LogP contribution in [0, 0.1) is 12.7 Å². The van der Waals surface area contributed by atoms with Crippen LogP contribution in [0.3, 0.4) is 0 Å². The number of aliphatic imine (C=N–C) groups is 1. The first-order valence-corrected chi connectivity index (χ1v) is 10.1. The van der Waals surface area contributed by atoms with Gasteiger partial charge in [-0.15, -0.1) is 0 Å². The summed E-state index contributed by atoms with van der Waals surface area (Å²) in [6.45, 7) is 4.95. The van der Waals surface area contributed by atoms with Crippen LogP contribution >= 0.6 is 0 Å². The van der Waals surface area contributed by atoms with Gasteiger partial charge in [0.25, 0.3) is 5.91 Å². The van der Waals surface area contributed by atoms with Gasteiger partial charge in [0.2, 0.25) is 0 Å². The quantitative estimate of drug-likeness (QED) is 0.766. The van der Waals surface area contributed by atoms with Crippen LogP contribution in [0.4, 0.5) is 4.39 Å². The lowest BCUT2D eigenvalue weighted by Gasteiger charge is -2.36. The smallest absolute Gasteiger partial charge is 0.261 e. The van der Waals surface area contributed by atoms with Crippen molar-refractivity contribution in [1.82, 2.24) is 4.90 Å². The highest BCUT2D eigenvalue weighted by Gasteiger charge is 2.53. The van der Waals surface area contributed by atoms with Gasteiger partial charge in [0.05, 0.1) is 6.61 Å². The molecule has 2 heterocycles. The Hall–Kier alpha value is -2.93. The number of nitrogens with zero attached hydrogens (tertiary/aromatic N) is 2. The van der Waals surface area contributed by atoms with Crippen LogP contribution in [-0.2, 0) is 15.1 Å². The average Bonchev–Trinajstić information content (AvgIpc) is 2.94. The summed E-state index contributed by atoms with van der Waals surface area (Å²) in [6.07, 6.45) is 0.911. The van der Waals surface area contributed by atoms with E-state index in [1.807, 2.05) is 32.0 Å². The van der Waals surface area contributed by atoms with Crippen LogP contribution in [-0.4, -0.2) is 43.1 Å². The van der Waals surface area contributed by atoms with E-state index in [2.05, 4.69) is 4.99 Å². The van der Waals surface area contributed by atoms with Crippen LogP contribution in [0.5, 0.6) is 5.75 Å². The largest absolute Gasteiger partial charge is 0.488 e. The van der Waals surface area contributed by atoms with Gasteiger partial charge in [-0.25, -0.2) is 9.38 Å². The molecular weight excluding hydrogens is 385 g/mol. The van der Waals surface area contributed by atoms with Crippen LogP contribution in [0.25, 0.3) is 11.1 Å². The van der Waals surface area contributed by atoms with E-state index < -0.39 is 5.54 Å². The molecule has 2 aromatic rings. The third kappa shape index (κ3) is 3.33. The molecule has 2 aliphatic heterocycles. The zero-order valence-corrected chi connectivity index (χ0v) is 17.4. The maximum absolute atomic E-state index is 13.9. The lowest BCUT2D eigenvalue weighted by Crippen LogP contribution is -2.46. The van der Waals surface area contributed by atoms with Gasteiger partial charge in [-0.1, -0.05) is 19.1 Å². The molecule has 4 rings (SSSR count). The Morgan fingerprint density at radius 1 is 1.33 bits per heavy atom. The minimum Gasteiger partial charge on any atom is -0.488 e. The van der Waals surface area contributed by atoms with Gasteiger partial charge < -0.3 is 15.2 Å². The fraction of sp³-hybridized carbons (Fsp3) is 0.391. The average molecular weight is 411 g/mol. The van der Waals surface area contributed by atoms with E-state index in [0.29, 0.717) is 30.9 Å². The van der Waals surface area contributed by atoms with Crippen molar-refractivity contribution in [3.05, 3.63) is 53.3 Å². The maximum atomic E-state index is 13.9. The number of guanidine groups is 1. The molecule has 0 aromatic heterocycles. The molecule has 2 aromatic carbocycles. The minimum atomic E-state index is -1.16. The molecule has 7 heteroatoms. The highest BCUT2D eigenvalue weighted by atomic mass is 19.1. The summed E-state index contributed by atoms with van der Waals surface area (Å²) < 4.78 is 25.7. The lowest BCUT2D eigenvalue weighted by molar-refractivity contribution is -0.132. The van der Waals surface area contributed by atoms with Crippen molar-refractivity contribution in [3.63, 3.8) is 0 Å². The number of ether oxygens (including phenoxy) is 2. The topological polar surface area (TPSA) is 77.2 Å². The normalized spacial score (nSPS) is 22.8. The molecule has 2 atom stereocenters. The van der Waals surface area contributed by atoms with E-state index in [1.54, 1.807) is 13.1 Å². The van der Waals surface area contributed by atoms with Crippen molar-refractivity contribution in [1.29, 1.82) is 0 Å². The minimum absolute atomic E-state index is 0.174. The number of amides is 1. The summed E-state index contributed by atoms with van der Waals surface area (Å²) in [4.78, 5) is 19.2. The predicted octanol–water partition coefficient (Wildman–Crippen LogP) is 3.36. The van der Waals surface area contributed by atoms with Crippen LogP contribution < -0.4 is 10.5 Å². The number of benzene rings is 2. The van der Waals surface area contributed by atoms with Gasteiger partial charge in [0.15, 0.2) is 11.5 Å². The van der Waals surface area contributed by atoms with Crippen LogP contribution in [0.2, 0.25) is 0 Å². The van der Waals surface area contributed by atoms with Gasteiger partial charge in [-0.3, -0.25) is 9.69 Å². The summed E-state index contributed by atoms with van der Waals surface area (Å²) in [7, 11) is 1.62. The number of nitrogens with two attached hydrogens (primary N) is 1. The Balaban J connectivity index is 1.81. The molecule has 0 bridgehead atoms. The molecule has 0 radical (unpaired) electrons. The first kappa shape index (κ1) is 20.3. The van der Waals surface area contributed by atoms with Crippen molar-refractivity contribution in [2.24, 2.45) is 10.7 Å². The van der Waals surface area contributed by atoms with Gasteiger partial charge in [-0.05, 0) is 54.3 Å². The van der Waals surface area contributed by atoms with Gasteiger partial charge >= 0.3 is 0 Å². The van der Waals surface area contributed by atoms with Crippen LogP contribution in [0.15, 0.2) is 41.4 Å². The van der Waals surface area contributed by atoms with Gasteiger partial charge in [0.1, 0.15) is 17.7 Å². The Kier molecular flexibility index (Phi) is 5.24. The summed E-state index contributed by atoms with van der Waals surface area (Å²) in [5.41, 5.74) is 8.00. The number of rotatable bonds is 5. The third-order valence-corrected chi connectivity index (χ3v) is 5.71. The summed E-state index contributed by atoms with van der Waals surface area (Å²) in [5, 5.41) is 0. The first-order valence-electron chi connectivity index (χ1n) is 10.1. The molecule has 0 unspecified atom stereocenters. The number of hydrogen-bond donors (Lipinski definition) is 1. The zero-order valence-electron chi connectivity index (χ0n) is 17.4. The number of aryl methyl sites for hydroxylation is 1. The lowest BCUT2D eigenvalue weighted by atomic mass is 9.80. The molecule has 0 aliphatic carbocycles. The zero-order chi connectivity index (χ0) is 21.5. The Bertz CT molecular complexity index is 1020. The number of likely N-dealkylation sites (N-methyl/N-ethyl adjacent to an activating group) is 1. The highest BCUT2D eigenvalue weighted by Crippen LogP contribution is 2.47. The second-order valence-corrected chi connectivity index (χ2v) is 7.88. The second kappa shape index (κ2) is 7.72. The summed E-state index contributed by atoms with van der Waals surface area (Å²) in [6, 6.07) is 10.2. The fourth-order valence-corrected chi connectivity index (χ4v) is 4.15. The molecular formula is C23H26FN3O3. The number of carbonyl (C=O) groups is 1. The van der Waals surface area contributed by atoms with Gasteiger partial charge in [0, 0.05) is 25.6 Å². The molecule has 6 nitrogen and oxygen atoms in total. The number of hydrogen-bond acceptors (Lipinski definition) is 5. The molecule has 158 valence electrons. The molecule has 2 aliphatic rings. The predicted molar refractivity (Wildman–Crippen MR) is 113 cm³/mol. The van der Waals surface area contributed by atoms with Crippen molar-refractivity contribution < 1.29 is 18.7 Å². The standard InChI is InChI=1S/C23H26FN3O3/c1-4-9-29-13-17-12-23(21(28)27(3)22(25)26-23)19-10-15(6-8-20(19)30-17)18-11-16(24)7-5-14(18)2/h5-8,10-11,17H,4,9,12-13H2,1-3H3,(H2,25,26)/t17-,23-/m0/s1. The van der Waals surface area contributed by atoms with Crippen molar-refractivity contribution >= 4 is 11.9 Å². The van der Waals surface area contributed by atoms with E-state index in [0.717, 1.165) is 23.1 Å². The Morgan fingerprint density at radius 3 is 2.83 bits per heavy atom. The summed E-state index contributed by atoms with van der Waals surface area (Å²) >= 11 is 0. The van der Waals surface area contributed by atoms with E-state index in [1.165, 1.54) is 17.0 Å². The fourth-order valence-electron chi connectivity index (χ4n) is 4.15. The summed E-state index contributed by atoms with van der Waals surface area (Å²) in [5.74, 6) is 0.238. The molecule has 1 amide bonds. The molecule has 1 spiro atoms.